The van der Waals surface area contributed by atoms with Crippen LogP contribution in [0.3, 0.4) is 0 Å². The third-order valence-electron chi connectivity index (χ3n) is 3.42. The minimum absolute atomic E-state index is 0.00974. The summed E-state index contributed by atoms with van der Waals surface area (Å²) in [6, 6.07) is 0.143. The molecule has 3 unspecified atom stereocenters. The second-order valence-corrected chi connectivity index (χ2v) is 4.77. The first kappa shape index (κ1) is 16.0. The molecule has 0 spiro atoms. The highest BCUT2D eigenvalue weighted by molar-refractivity contribution is 5.29. The Balaban J connectivity index is 2.15. The predicted molar refractivity (Wildman–Crippen MR) is 68.2 cm³/mol. The van der Waals surface area contributed by atoms with Gasteiger partial charge in [-0.3, -0.25) is 0 Å². The summed E-state index contributed by atoms with van der Waals surface area (Å²) < 4.78 is 63.9. The minimum atomic E-state index is -1.53. The lowest BCUT2D eigenvalue weighted by Gasteiger charge is -2.44. The van der Waals surface area contributed by atoms with E-state index in [-0.39, 0.29) is 12.1 Å². The molecule has 0 amide bonds. The summed E-state index contributed by atoms with van der Waals surface area (Å²) in [6.07, 6.45) is -0.630. The summed E-state index contributed by atoms with van der Waals surface area (Å²) in [7, 11) is 0. The highest BCUT2D eigenvalue weighted by atomic mass is 19.2. The van der Waals surface area contributed by atoms with E-state index in [4.69, 9.17) is 9.47 Å². The van der Waals surface area contributed by atoms with Crippen molar-refractivity contribution in [1.82, 2.24) is 5.32 Å². The number of halogens is 4. The quantitative estimate of drug-likeness (QED) is 0.647. The molecule has 21 heavy (non-hydrogen) atoms. The molecule has 0 saturated heterocycles. The SMILES string of the molecule is CCNC1CC(Oc2c(F)c(F)cc(F)c2F)C1OCC. The number of benzene rings is 1. The molecule has 0 aromatic heterocycles. The lowest BCUT2D eigenvalue weighted by molar-refractivity contribution is -0.106. The van der Waals surface area contributed by atoms with E-state index in [9.17, 15) is 17.6 Å². The lowest BCUT2D eigenvalue weighted by atomic mass is 9.85. The van der Waals surface area contributed by atoms with Gasteiger partial charge in [-0.2, -0.15) is 8.78 Å². The molecule has 7 heteroatoms. The van der Waals surface area contributed by atoms with E-state index < -0.39 is 41.2 Å². The molecule has 0 heterocycles. The molecular weight excluding hydrogens is 290 g/mol. The molecule has 1 saturated carbocycles. The minimum Gasteiger partial charge on any atom is -0.481 e. The third-order valence-corrected chi connectivity index (χ3v) is 3.42. The van der Waals surface area contributed by atoms with E-state index >= 15 is 0 Å². The predicted octanol–water partition coefficient (Wildman–Crippen LogP) is 2.78. The van der Waals surface area contributed by atoms with Gasteiger partial charge < -0.3 is 14.8 Å². The van der Waals surface area contributed by atoms with Gasteiger partial charge in [0.15, 0.2) is 17.4 Å². The second-order valence-electron chi connectivity index (χ2n) is 4.77. The molecule has 1 aliphatic rings. The van der Waals surface area contributed by atoms with Crippen LogP contribution in [0.25, 0.3) is 0 Å². The summed E-state index contributed by atoms with van der Waals surface area (Å²) in [4.78, 5) is 0. The Morgan fingerprint density at radius 3 is 2.29 bits per heavy atom. The number of nitrogens with one attached hydrogen (secondary N) is 1. The Bertz CT molecular complexity index is 486. The molecule has 1 N–H and O–H groups in total. The van der Waals surface area contributed by atoms with Gasteiger partial charge in [0.2, 0.25) is 11.6 Å². The fraction of sp³-hybridized carbons (Fsp3) is 0.571. The van der Waals surface area contributed by atoms with Gasteiger partial charge >= 0.3 is 0 Å². The first-order chi connectivity index (χ1) is 9.99. The fourth-order valence-corrected chi connectivity index (χ4v) is 2.38. The topological polar surface area (TPSA) is 30.5 Å². The Labute approximate surface area is 120 Å². The van der Waals surface area contributed by atoms with Crippen LogP contribution in [0.4, 0.5) is 17.6 Å². The van der Waals surface area contributed by atoms with Crippen molar-refractivity contribution in [2.75, 3.05) is 13.2 Å². The van der Waals surface area contributed by atoms with E-state index in [2.05, 4.69) is 5.32 Å². The van der Waals surface area contributed by atoms with Crippen LogP contribution in [0, 0.1) is 23.3 Å². The second kappa shape index (κ2) is 6.62. The molecule has 2 rings (SSSR count). The average Bonchev–Trinajstić information content (AvgIpc) is 2.45. The van der Waals surface area contributed by atoms with Gasteiger partial charge in [-0.15, -0.1) is 0 Å². The van der Waals surface area contributed by atoms with Gasteiger partial charge in [-0.25, -0.2) is 8.78 Å². The van der Waals surface area contributed by atoms with Crippen LogP contribution in [0.2, 0.25) is 0 Å². The van der Waals surface area contributed by atoms with Crippen molar-refractivity contribution >= 4 is 0 Å². The molecule has 1 aromatic carbocycles. The van der Waals surface area contributed by atoms with Gasteiger partial charge in [0.05, 0.1) is 0 Å². The number of hydrogen-bond donors (Lipinski definition) is 1. The Hall–Kier alpha value is -1.34. The summed E-state index contributed by atoms with van der Waals surface area (Å²) in [5, 5.41) is 3.14. The maximum Gasteiger partial charge on any atom is 0.203 e. The molecule has 1 aromatic rings. The van der Waals surface area contributed by atoms with E-state index in [0.717, 1.165) is 0 Å². The van der Waals surface area contributed by atoms with Crippen LogP contribution < -0.4 is 10.1 Å². The van der Waals surface area contributed by atoms with Crippen molar-refractivity contribution < 1.29 is 27.0 Å². The van der Waals surface area contributed by atoms with Crippen molar-refractivity contribution in [1.29, 1.82) is 0 Å². The third kappa shape index (κ3) is 3.13. The Morgan fingerprint density at radius 1 is 1.14 bits per heavy atom. The fourth-order valence-electron chi connectivity index (χ4n) is 2.38. The molecule has 1 aliphatic carbocycles. The highest BCUT2D eigenvalue weighted by Crippen LogP contribution is 2.33. The van der Waals surface area contributed by atoms with E-state index in [1.54, 1.807) is 6.92 Å². The van der Waals surface area contributed by atoms with E-state index in [1.165, 1.54) is 0 Å². The zero-order valence-corrected chi connectivity index (χ0v) is 11.8. The Morgan fingerprint density at radius 2 is 1.76 bits per heavy atom. The molecule has 0 radical (unpaired) electrons. The number of hydrogen-bond acceptors (Lipinski definition) is 3. The summed E-state index contributed by atoms with van der Waals surface area (Å²) in [5.74, 6) is -7.07. The van der Waals surface area contributed by atoms with Crippen molar-refractivity contribution in [3.63, 3.8) is 0 Å². The maximum atomic E-state index is 13.6. The van der Waals surface area contributed by atoms with Crippen molar-refractivity contribution in [3.8, 4) is 5.75 Å². The Kier molecular flexibility index (Phi) is 5.05. The average molecular weight is 307 g/mol. The molecule has 1 fully saturated rings. The molecule has 0 bridgehead atoms. The van der Waals surface area contributed by atoms with Gasteiger partial charge in [0.1, 0.15) is 12.2 Å². The summed E-state index contributed by atoms with van der Waals surface area (Å²) in [5.41, 5.74) is 0. The van der Waals surface area contributed by atoms with Crippen molar-refractivity contribution in [2.24, 2.45) is 0 Å². The van der Waals surface area contributed by atoms with Gasteiger partial charge in [-0.05, 0) is 13.5 Å². The van der Waals surface area contributed by atoms with Crippen LogP contribution in [-0.4, -0.2) is 31.4 Å². The smallest absolute Gasteiger partial charge is 0.203 e. The van der Waals surface area contributed by atoms with Crippen LogP contribution in [0.15, 0.2) is 6.07 Å². The summed E-state index contributed by atoms with van der Waals surface area (Å²) in [6.45, 7) is 4.80. The van der Waals surface area contributed by atoms with E-state index in [1.807, 2.05) is 6.92 Å². The normalized spacial score (nSPS) is 24.8. The molecule has 0 aliphatic heterocycles. The first-order valence-electron chi connectivity index (χ1n) is 6.84. The lowest BCUT2D eigenvalue weighted by Crippen LogP contribution is -2.61. The van der Waals surface area contributed by atoms with Crippen LogP contribution in [0.5, 0.6) is 5.75 Å². The number of likely N-dealkylation sites (N-methyl/N-ethyl adjacent to an activating group) is 1. The van der Waals surface area contributed by atoms with Crippen LogP contribution in [-0.2, 0) is 4.74 Å². The highest BCUT2D eigenvalue weighted by Gasteiger charge is 2.44. The van der Waals surface area contributed by atoms with Gasteiger partial charge in [0.25, 0.3) is 0 Å². The molecule has 3 nitrogen and oxygen atoms in total. The van der Waals surface area contributed by atoms with Crippen molar-refractivity contribution in [3.05, 3.63) is 29.3 Å². The largest absolute Gasteiger partial charge is 0.481 e. The van der Waals surface area contributed by atoms with Gasteiger partial charge in [0, 0.05) is 25.1 Å². The monoisotopic (exact) mass is 307 g/mol. The summed E-state index contributed by atoms with van der Waals surface area (Å²) >= 11 is 0. The van der Waals surface area contributed by atoms with Crippen LogP contribution >= 0.6 is 0 Å². The number of rotatable bonds is 6. The standard InChI is InChI=1S/C14H17F4NO2/c1-3-19-9-6-10(13(9)20-4-2)21-14-11(17)7(15)5-8(16)12(14)18/h5,9-10,13,19H,3-4,6H2,1-2H3. The zero-order valence-electron chi connectivity index (χ0n) is 11.8. The van der Waals surface area contributed by atoms with E-state index in [0.29, 0.717) is 19.6 Å². The number of ether oxygens (including phenoxy) is 2. The zero-order chi connectivity index (χ0) is 15.6. The first-order valence-corrected chi connectivity index (χ1v) is 6.84. The molecular formula is C14H17F4NO2. The van der Waals surface area contributed by atoms with Crippen molar-refractivity contribution in [2.45, 2.75) is 38.5 Å². The maximum absolute atomic E-state index is 13.6. The molecule has 118 valence electrons. The molecule has 3 atom stereocenters. The van der Waals surface area contributed by atoms with Crippen LogP contribution in [0.1, 0.15) is 20.3 Å². The van der Waals surface area contributed by atoms with Gasteiger partial charge in [-0.1, -0.05) is 6.92 Å².